The van der Waals surface area contributed by atoms with Crippen LogP contribution in [-0.2, 0) is 12.1 Å². The highest BCUT2D eigenvalue weighted by Crippen LogP contribution is 2.37. The Balaban J connectivity index is 2.05. The molecule has 0 spiro atoms. The van der Waals surface area contributed by atoms with Gasteiger partial charge in [0.15, 0.2) is 0 Å². The largest absolute Gasteiger partial charge is 0.385 e. The summed E-state index contributed by atoms with van der Waals surface area (Å²) in [5, 5.41) is 14.6. The van der Waals surface area contributed by atoms with Gasteiger partial charge >= 0.3 is 0 Å². The maximum atomic E-state index is 10.4. The van der Waals surface area contributed by atoms with Crippen molar-refractivity contribution in [3.63, 3.8) is 0 Å². The van der Waals surface area contributed by atoms with E-state index in [4.69, 9.17) is 0 Å². The van der Waals surface area contributed by atoms with Crippen LogP contribution in [0.4, 0.5) is 0 Å². The molecule has 1 saturated carbocycles. The van der Waals surface area contributed by atoms with Crippen LogP contribution >= 0.6 is 0 Å². The zero-order valence-corrected chi connectivity index (χ0v) is 9.61. The second-order valence-corrected chi connectivity index (χ2v) is 4.86. The van der Waals surface area contributed by atoms with E-state index in [0.717, 1.165) is 18.5 Å². The first-order valence-electron chi connectivity index (χ1n) is 5.87. The molecule has 0 radical (unpaired) electrons. The van der Waals surface area contributed by atoms with Crippen molar-refractivity contribution in [2.45, 2.75) is 51.7 Å². The molecule has 0 aliphatic heterocycles. The number of nitrogens with zero attached hydrogens (tertiary/aromatic N) is 2. The van der Waals surface area contributed by atoms with E-state index < -0.39 is 5.60 Å². The van der Waals surface area contributed by atoms with Gasteiger partial charge in [-0.1, -0.05) is 19.3 Å². The second kappa shape index (κ2) is 3.97. The molecule has 0 amide bonds. The minimum Gasteiger partial charge on any atom is -0.385 e. The third kappa shape index (κ3) is 2.23. The fourth-order valence-electron chi connectivity index (χ4n) is 2.19. The van der Waals surface area contributed by atoms with Gasteiger partial charge in [-0.25, -0.2) is 0 Å². The summed E-state index contributed by atoms with van der Waals surface area (Å²) in [4.78, 5) is 0. The van der Waals surface area contributed by atoms with Gasteiger partial charge in [-0.15, -0.1) is 0 Å². The predicted molar refractivity (Wildman–Crippen MR) is 59.4 cm³/mol. The third-order valence-electron chi connectivity index (χ3n) is 3.49. The lowest BCUT2D eigenvalue weighted by Gasteiger charge is -2.32. The van der Waals surface area contributed by atoms with Crippen molar-refractivity contribution in [1.29, 1.82) is 0 Å². The molecule has 1 heterocycles. The number of aryl methyl sites for hydroxylation is 1. The predicted octanol–water partition coefficient (Wildman–Crippen LogP) is 2.30. The summed E-state index contributed by atoms with van der Waals surface area (Å²) in [6.45, 7) is 4.82. The van der Waals surface area contributed by atoms with Gasteiger partial charge in [0.1, 0.15) is 0 Å². The van der Waals surface area contributed by atoms with E-state index in [1.807, 2.05) is 17.8 Å². The van der Waals surface area contributed by atoms with E-state index >= 15 is 0 Å². The van der Waals surface area contributed by atoms with Crippen molar-refractivity contribution in [3.05, 3.63) is 18.0 Å². The Bertz CT molecular complexity index is 326. The first-order chi connectivity index (χ1) is 7.12. The normalized spacial score (nSPS) is 21.0. The SMILES string of the molecule is CCn1cc(C(C)(O)CC2CCC2)cn1. The van der Waals surface area contributed by atoms with Gasteiger partial charge in [0.2, 0.25) is 0 Å². The lowest BCUT2D eigenvalue weighted by atomic mass is 9.76. The van der Waals surface area contributed by atoms with Gasteiger partial charge in [-0.2, -0.15) is 5.10 Å². The van der Waals surface area contributed by atoms with Gasteiger partial charge in [0, 0.05) is 18.3 Å². The van der Waals surface area contributed by atoms with Crippen molar-refractivity contribution in [2.24, 2.45) is 5.92 Å². The van der Waals surface area contributed by atoms with Crippen LogP contribution in [0.25, 0.3) is 0 Å². The monoisotopic (exact) mass is 208 g/mol. The summed E-state index contributed by atoms with van der Waals surface area (Å²) in [6.07, 6.45) is 8.51. The fourth-order valence-corrected chi connectivity index (χ4v) is 2.19. The molecule has 1 N–H and O–H groups in total. The quantitative estimate of drug-likeness (QED) is 0.824. The first-order valence-corrected chi connectivity index (χ1v) is 5.87. The van der Waals surface area contributed by atoms with Gasteiger partial charge in [0.05, 0.1) is 11.8 Å². The van der Waals surface area contributed by atoms with Crippen molar-refractivity contribution in [1.82, 2.24) is 9.78 Å². The Morgan fingerprint density at radius 1 is 1.60 bits per heavy atom. The number of hydrogen-bond acceptors (Lipinski definition) is 2. The van der Waals surface area contributed by atoms with Crippen LogP contribution in [0.1, 0.15) is 45.1 Å². The Kier molecular flexibility index (Phi) is 2.83. The van der Waals surface area contributed by atoms with Gasteiger partial charge < -0.3 is 5.11 Å². The molecule has 1 unspecified atom stereocenters. The number of aliphatic hydroxyl groups is 1. The van der Waals surface area contributed by atoms with E-state index in [0.29, 0.717) is 5.92 Å². The summed E-state index contributed by atoms with van der Waals surface area (Å²) >= 11 is 0. The van der Waals surface area contributed by atoms with Crippen LogP contribution in [0.15, 0.2) is 12.4 Å². The van der Waals surface area contributed by atoms with E-state index in [2.05, 4.69) is 12.0 Å². The number of rotatable bonds is 4. The highest BCUT2D eigenvalue weighted by atomic mass is 16.3. The third-order valence-corrected chi connectivity index (χ3v) is 3.49. The molecule has 1 atom stereocenters. The molecule has 1 aliphatic carbocycles. The molecule has 3 nitrogen and oxygen atoms in total. The van der Waals surface area contributed by atoms with Crippen LogP contribution in [-0.4, -0.2) is 14.9 Å². The Morgan fingerprint density at radius 2 is 2.33 bits per heavy atom. The molecule has 1 aromatic heterocycles. The first kappa shape index (κ1) is 10.7. The van der Waals surface area contributed by atoms with Crippen molar-refractivity contribution >= 4 is 0 Å². The molecule has 0 aromatic carbocycles. The van der Waals surface area contributed by atoms with Crippen molar-refractivity contribution < 1.29 is 5.11 Å². The summed E-state index contributed by atoms with van der Waals surface area (Å²) < 4.78 is 1.87. The Morgan fingerprint density at radius 3 is 2.80 bits per heavy atom. The Labute approximate surface area is 91.1 Å². The van der Waals surface area contributed by atoms with Crippen LogP contribution < -0.4 is 0 Å². The average Bonchev–Trinajstić information content (AvgIpc) is 2.60. The minimum absolute atomic E-state index is 0.696. The zero-order valence-electron chi connectivity index (χ0n) is 9.61. The molecular weight excluding hydrogens is 188 g/mol. The summed E-state index contributed by atoms with van der Waals surface area (Å²) in [7, 11) is 0. The second-order valence-electron chi connectivity index (χ2n) is 4.86. The molecule has 1 aromatic rings. The van der Waals surface area contributed by atoms with E-state index in [9.17, 15) is 5.11 Å². The number of aromatic nitrogens is 2. The number of hydrogen-bond donors (Lipinski definition) is 1. The average molecular weight is 208 g/mol. The lowest BCUT2D eigenvalue weighted by Crippen LogP contribution is -2.27. The molecule has 2 rings (SSSR count). The molecule has 15 heavy (non-hydrogen) atoms. The fraction of sp³-hybridized carbons (Fsp3) is 0.750. The minimum atomic E-state index is -0.696. The standard InChI is InChI=1S/C12H20N2O/c1-3-14-9-11(8-13-14)12(2,15)7-10-5-4-6-10/h8-10,15H,3-7H2,1-2H3. The zero-order chi connectivity index (χ0) is 10.9. The molecule has 1 aliphatic rings. The maximum absolute atomic E-state index is 10.4. The van der Waals surface area contributed by atoms with Crippen LogP contribution in [0.2, 0.25) is 0 Å². The van der Waals surface area contributed by atoms with E-state index in [-0.39, 0.29) is 0 Å². The Hall–Kier alpha value is -0.830. The highest BCUT2D eigenvalue weighted by molar-refractivity contribution is 5.14. The lowest BCUT2D eigenvalue weighted by molar-refractivity contribution is 0.0161. The van der Waals surface area contributed by atoms with Crippen LogP contribution in [0.5, 0.6) is 0 Å². The van der Waals surface area contributed by atoms with Crippen molar-refractivity contribution in [3.8, 4) is 0 Å². The molecular formula is C12H20N2O. The highest BCUT2D eigenvalue weighted by Gasteiger charge is 2.31. The van der Waals surface area contributed by atoms with Gasteiger partial charge in [-0.3, -0.25) is 4.68 Å². The summed E-state index contributed by atoms with van der Waals surface area (Å²) in [6, 6.07) is 0. The molecule has 0 saturated heterocycles. The van der Waals surface area contributed by atoms with E-state index in [1.165, 1.54) is 19.3 Å². The molecule has 3 heteroatoms. The topological polar surface area (TPSA) is 38.0 Å². The molecule has 0 bridgehead atoms. The van der Waals surface area contributed by atoms with Crippen LogP contribution in [0.3, 0.4) is 0 Å². The van der Waals surface area contributed by atoms with Gasteiger partial charge in [0.25, 0.3) is 0 Å². The summed E-state index contributed by atoms with van der Waals surface area (Å²) in [5.74, 6) is 0.713. The molecule has 1 fully saturated rings. The van der Waals surface area contributed by atoms with E-state index in [1.54, 1.807) is 6.20 Å². The van der Waals surface area contributed by atoms with Gasteiger partial charge in [-0.05, 0) is 26.2 Å². The smallest absolute Gasteiger partial charge is 0.0901 e. The van der Waals surface area contributed by atoms with Crippen LogP contribution in [0, 0.1) is 5.92 Å². The molecule has 84 valence electrons. The maximum Gasteiger partial charge on any atom is 0.0901 e. The summed E-state index contributed by atoms with van der Waals surface area (Å²) in [5.41, 5.74) is 0.259. The van der Waals surface area contributed by atoms with Crippen molar-refractivity contribution in [2.75, 3.05) is 0 Å².